The number of hydrogen-bond donors (Lipinski definition) is 1. The normalized spacial score (nSPS) is 29.4. The summed E-state index contributed by atoms with van der Waals surface area (Å²) < 4.78 is 0. The molecule has 0 spiro atoms. The largest absolute Gasteiger partial charge is 0.325 e. The zero-order valence-electron chi connectivity index (χ0n) is 11.3. The lowest BCUT2D eigenvalue weighted by Crippen LogP contribution is -2.42. The number of nitrogens with one attached hydrogen (secondary N) is 1. The maximum atomic E-state index is 12.0. The molecule has 2 atom stereocenters. The van der Waals surface area contributed by atoms with Crippen molar-refractivity contribution in [1.29, 1.82) is 0 Å². The van der Waals surface area contributed by atoms with E-state index in [1.54, 1.807) is 0 Å². The topological polar surface area (TPSA) is 35.6 Å². The summed E-state index contributed by atoms with van der Waals surface area (Å²) in [5, 5.41) is 3.35. The van der Waals surface area contributed by atoms with E-state index in [9.17, 15) is 4.79 Å². The Hall–Kier alpha value is -0.610. The third-order valence-electron chi connectivity index (χ3n) is 3.96. The molecule has 1 saturated heterocycles. The highest BCUT2D eigenvalue weighted by Crippen LogP contribution is 2.26. The molecule has 4 nitrogen and oxygen atoms in total. The van der Waals surface area contributed by atoms with Crippen molar-refractivity contribution in [2.45, 2.75) is 58.3 Å². The first-order chi connectivity index (χ1) is 8.17. The summed E-state index contributed by atoms with van der Waals surface area (Å²) >= 11 is 0. The highest BCUT2D eigenvalue weighted by atomic mass is 16.2. The van der Waals surface area contributed by atoms with Gasteiger partial charge >= 0.3 is 0 Å². The van der Waals surface area contributed by atoms with E-state index < -0.39 is 0 Å². The first-order valence-corrected chi connectivity index (χ1v) is 6.98. The minimum atomic E-state index is -0.00375. The van der Waals surface area contributed by atoms with E-state index in [4.69, 9.17) is 0 Å². The quantitative estimate of drug-likeness (QED) is 0.752. The Labute approximate surface area is 104 Å². The molecular formula is C13H25N3O. The Morgan fingerprint density at radius 1 is 1.41 bits per heavy atom. The summed E-state index contributed by atoms with van der Waals surface area (Å²) in [4.78, 5) is 16.5. The van der Waals surface area contributed by atoms with Crippen LogP contribution >= 0.6 is 0 Å². The van der Waals surface area contributed by atoms with Gasteiger partial charge in [-0.3, -0.25) is 15.0 Å². The Bertz CT molecular complexity index is 278. The SMILES string of the molecule is CCC1NC(C)C(=O)N1CCN(CC)C1CC1. The second-order valence-corrected chi connectivity index (χ2v) is 5.20. The molecule has 1 N–H and O–H groups in total. The number of amides is 1. The van der Waals surface area contributed by atoms with Gasteiger partial charge in [0, 0.05) is 19.1 Å². The predicted octanol–water partition coefficient (Wildman–Crippen LogP) is 1.03. The minimum Gasteiger partial charge on any atom is -0.325 e. The zero-order chi connectivity index (χ0) is 12.4. The Morgan fingerprint density at radius 3 is 2.65 bits per heavy atom. The summed E-state index contributed by atoms with van der Waals surface area (Å²) in [5.41, 5.74) is 0. The lowest BCUT2D eigenvalue weighted by Gasteiger charge is -2.27. The van der Waals surface area contributed by atoms with E-state index in [1.807, 2.05) is 11.8 Å². The van der Waals surface area contributed by atoms with Crippen LogP contribution in [0.1, 0.15) is 40.0 Å². The molecule has 0 aromatic heterocycles. The maximum absolute atomic E-state index is 12.0. The van der Waals surface area contributed by atoms with Gasteiger partial charge in [-0.1, -0.05) is 13.8 Å². The molecule has 2 fully saturated rings. The van der Waals surface area contributed by atoms with Crippen LogP contribution in [0.5, 0.6) is 0 Å². The van der Waals surface area contributed by atoms with Crippen molar-refractivity contribution in [1.82, 2.24) is 15.1 Å². The van der Waals surface area contributed by atoms with Gasteiger partial charge in [-0.05, 0) is 32.7 Å². The van der Waals surface area contributed by atoms with Gasteiger partial charge in [-0.25, -0.2) is 0 Å². The predicted molar refractivity (Wildman–Crippen MR) is 68.7 cm³/mol. The van der Waals surface area contributed by atoms with Gasteiger partial charge in [0.1, 0.15) is 0 Å². The molecule has 2 aliphatic rings. The fourth-order valence-corrected chi connectivity index (χ4v) is 2.73. The zero-order valence-corrected chi connectivity index (χ0v) is 11.3. The van der Waals surface area contributed by atoms with E-state index in [-0.39, 0.29) is 18.1 Å². The summed E-state index contributed by atoms with van der Waals surface area (Å²) in [6, 6.07) is 0.791. The van der Waals surface area contributed by atoms with Crippen LogP contribution in [0.2, 0.25) is 0 Å². The van der Waals surface area contributed by atoms with Crippen molar-refractivity contribution >= 4 is 5.91 Å². The maximum Gasteiger partial charge on any atom is 0.240 e. The van der Waals surface area contributed by atoms with E-state index in [2.05, 4.69) is 24.1 Å². The van der Waals surface area contributed by atoms with Crippen molar-refractivity contribution in [3.8, 4) is 0 Å². The van der Waals surface area contributed by atoms with Crippen molar-refractivity contribution in [2.75, 3.05) is 19.6 Å². The molecule has 4 heteroatoms. The Morgan fingerprint density at radius 2 is 2.12 bits per heavy atom. The van der Waals surface area contributed by atoms with Crippen molar-refractivity contribution in [2.24, 2.45) is 0 Å². The Kier molecular flexibility index (Phi) is 4.05. The summed E-state index contributed by atoms with van der Waals surface area (Å²) in [6.07, 6.45) is 3.92. The van der Waals surface area contributed by atoms with E-state index in [1.165, 1.54) is 12.8 Å². The van der Waals surface area contributed by atoms with Crippen LogP contribution in [0.3, 0.4) is 0 Å². The van der Waals surface area contributed by atoms with Gasteiger partial charge in [-0.2, -0.15) is 0 Å². The number of carbonyl (C=O) groups excluding carboxylic acids is 1. The standard InChI is InChI=1S/C13H25N3O/c1-4-12-14-10(3)13(17)16(12)9-8-15(5-2)11-6-7-11/h10-12,14H,4-9H2,1-3H3. The van der Waals surface area contributed by atoms with Gasteiger partial charge in [0.2, 0.25) is 5.91 Å². The molecule has 0 radical (unpaired) electrons. The average molecular weight is 239 g/mol. The lowest BCUT2D eigenvalue weighted by molar-refractivity contribution is -0.130. The van der Waals surface area contributed by atoms with E-state index >= 15 is 0 Å². The van der Waals surface area contributed by atoms with Crippen LogP contribution in [0.25, 0.3) is 0 Å². The molecule has 17 heavy (non-hydrogen) atoms. The van der Waals surface area contributed by atoms with Crippen LogP contribution in [0.4, 0.5) is 0 Å². The number of hydrogen-bond acceptors (Lipinski definition) is 3. The third kappa shape index (κ3) is 2.80. The molecule has 1 saturated carbocycles. The number of carbonyl (C=O) groups is 1. The van der Waals surface area contributed by atoms with Gasteiger partial charge in [0.25, 0.3) is 0 Å². The fourth-order valence-electron chi connectivity index (χ4n) is 2.73. The third-order valence-corrected chi connectivity index (χ3v) is 3.96. The second-order valence-electron chi connectivity index (χ2n) is 5.20. The van der Waals surface area contributed by atoms with Crippen LogP contribution in [0.15, 0.2) is 0 Å². The first-order valence-electron chi connectivity index (χ1n) is 6.98. The summed E-state index contributed by atoms with van der Waals surface area (Å²) in [6.45, 7) is 9.31. The molecular weight excluding hydrogens is 214 g/mol. The second kappa shape index (κ2) is 5.36. The number of nitrogens with zero attached hydrogens (tertiary/aromatic N) is 2. The molecule has 0 aromatic rings. The van der Waals surface area contributed by atoms with Crippen molar-refractivity contribution < 1.29 is 4.79 Å². The molecule has 2 rings (SSSR count). The molecule has 1 heterocycles. The molecule has 1 aliphatic carbocycles. The number of likely N-dealkylation sites (N-methyl/N-ethyl adjacent to an activating group) is 1. The first kappa shape index (κ1) is 12.8. The van der Waals surface area contributed by atoms with Crippen LogP contribution in [-0.2, 0) is 4.79 Å². The molecule has 0 aromatic carbocycles. The molecule has 98 valence electrons. The Balaban J connectivity index is 1.85. The summed E-state index contributed by atoms with van der Waals surface area (Å²) in [7, 11) is 0. The average Bonchev–Trinajstić information content (AvgIpc) is 3.12. The van der Waals surface area contributed by atoms with Crippen LogP contribution in [-0.4, -0.2) is 53.6 Å². The van der Waals surface area contributed by atoms with Gasteiger partial charge in [0.05, 0.1) is 12.2 Å². The minimum absolute atomic E-state index is 0.00375. The lowest BCUT2D eigenvalue weighted by atomic mass is 10.3. The highest BCUT2D eigenvalue weighted by molar-refractivity contribution is 5.83. The monoisotopic (exact) mass is 239 g/mol. The van der Waals surface area contributed by atoms with Crippen LogP contribution < -0.4 is 5.32 Å². The van der Waals surface area contributed by atoms with E-state index in [0.29, 0.717) is 0 Å². The van der Waals surface area contributed by atoms with E-state index in [0.717, 1.165) is 32.1 Å². The smallest absolute Gasteiger partial charge is 0.240 e. The van der Waals surface area contributed by atoms with Gasteiger partial charge in [-0.15, -0.1) is 0 Å². The van der Waals surface area contributed by atoms with Gasteiger partial charge in [0.15, 0.2) is 0 Å². The van der Waals surface area contributed by atoms with Crippen molar-refractivity contribution in [3.05, 3.63) is 0 Å². The molecule has 1 aliphatic heterocycles. The molecule has 1 amide bonds. The molecule has 2 unspecified atom stereocenters. The van der Waals surface area contributed by atoms with Crippen LogP contribution in [0, 0.1) is 0 Å². The molecule has 0 bridgehead atoms. The highest BCUT2D eigenvalue weighted by Gasteiger charge is 2.35. The summed E-state index contributed by atoms with van der Waals surface area (Å²) in [5.74, 6) is 0.267. The number of rotatable bonds is 6. The van der Waals surface area contributed by atoms with Crippen molar-refractivity contribution in [3.63, 3.8) is 0 Å². The van der Waals surface area contributed by atoms with Gasteiger partial charge < -0.3 is 4.90 Å². The fraction of sp³-hybridized carbons (Fsp3) is 0.923.